The highest BCUT2D eigenvalue weighted by Gasteiger charge is 2.19. The van der Waals surface area contributed by atoms with Crippen molar-refractivity contribution in [2.45, 2.75) is 6.42 Å². The van der Waals surface area contributed by atoms with Crippen LogP contribution in [-0.2, 0) is 0 Å². The second-order valence-corrected chi connectivity index (χ2v) is 10.4. The molecule has 0 aliphatic heterocycles. The van der Waals surface area contributed by atoms with Crippen molar-refractivity contribution in [1.29, 1.82) is 0 Å². The van der Waals surface area contributed by atoms with Crippen LogP contribution < -0.4 is 0 Å². The Hall–Kier alpha value is -4.59. The van der Waals surface area contributed by atoms with E-state index in [4.69, 9.17) is 11.6 Å². The lowest BCUT2D eigenvalue weighted by Crippen LogP contribution is -1.98. The number of aromatic nitrogens is 1. The topological polar surface area (TPSA) is 4.93 Å². The Labute approximate surface area is 234 Å². The van der Waals surface area contributed by atoms with Gasteiger partial charge in [-0.25, -0.2) is 0 Å². The van der Waals surface area contributed by atoms with E-state index in [0.29, 0.717) is 0 Å². The molecule has 6 aromatic rings. The summed E-state index contributed by atoms with van der Waals surface area (Å²) >= 11 is 6.28. The van der Waals surface area contributed by atoms with Crippen LogP contribution in [0.5, 0.6) is 0 Å². The van der Waals surface area contributed by atoms with E-state index in [0.717, 1.165) is 28.3 Å². The summed E-state index contributed by atoms with van der Waals surface area (Å²) in [7, 11) is 0. The highest BCUT2D eigenvalue weighted by molar-refractivity contribution is 6.30. The van der Waals surface area contributed by atoms with Gasteiger partial charge >= 0.3 is 0 Å². The van der Waals surface area contributed by atoms with Gasteiger partial charge < -0.3 is 4.57 Å². The molecule has 0 spiro atoms. The van der Waals surface area contributed by atoms with Crippen molar-refractivity contribution < 1.29 is 0 Å². The Bertz CT molecular complexity index is 1860. The van der Waals surface area contributed by atoms with Crippen LogP contribution in [0.1, 0.15) is 23.2 Å². The Morgan fingerprint density at radius 1 is 0.564 bits per heavy atom. The molecule has 5 aromatic carbocycles. The van der Waals surface area contributed by atoms with Crippen LogP contribution in [0, 0.1) is 0 Å². The number of hydrogen-bond acceptors (Lipinski definition) is 0. The first-order chi connectivity index (χ1) is 19.2. The van der Waals surface area contributed by atoms with Crippen molar-refractivity contribution in [2.75, 3.05) is 0 Å². The highest BCUT2D eigenvalue weighted by Crippen LogP contribution is 2.38. The SMILES string of the molecule is Clc1cccc(-c2ccc(-n3c4c(c5ccc(-c6ccccc6)cc53)C=CCC(c3ccccc3)=C4)cc2)c1. The maximum atomic E-state index is 6.28. The average molecular weight is 520 g/mol. The van der Waals surface area contributed by atoms with Gasteiger partial charge in [0.25, 0.3) is 0 Å². The average Bonchev–Trinajstić information content (AvgIpc) is 3.13. The first-order valence-electron chi connectivity index (χ1n) is 13.3. The molecule has 1 heterocycles. The van der Waals surface area contributed by atoms with Crippen LogP contribution in [0.15, 0.2) is 133 Å². The summed E-state index contributed by atoms with van der Waals surface area (Å²) in [5, 5.41) is 2.00. The van der Waals surface area contributed by atoms with Crippen LogP contribution in [0.25, 0.3) is 56.6 Å². The standard InChI is InChI=1S/C37H26ClN/c38-32-15-7-13-29(23-32)28-17-20-33(21-18-28)39-36-24-30(26-9-3-1-4-10-26)14-8-16-34(36)35-22-19-31(25-37(35)39)27-11-5-2-6-12-27/h1-13,15-25H,14H2. The maximum Gasteiger partial charge on any atom is 0.0547 e. The van der Waals surface area contributed by atoms with Crippen molar-refractivity contribution >= 4 is 40.2 Å². The molecule has 0 saturated heterocycles. The number of benzene rings is 5. The predicted molar refractivity (Wildman–Crippen MR) is 167 cm³/mol. The zero-order chi connectivity index (χ0) is 26.2. The molecule has 1 nitrogen and oxygen atoms in total. The number of allylic oxidation sites excluding steroid dienone is 2. The lowest BCUT2D eigenvalue weighted by atomic mass is 10.0. The zero-order valence-corrected chi connectivity index (χ0v) is 22.1. The van der Waals surface area contributed by atoms with E-state index in [1.54, 1.807) is 0 Å². The van der Waals surface area contributed by atoms with Gasteiger partial charge in [0.05, 0.1) is 11.2 Å². The predicted octanol–water partition coefficient (Wildman–Crippen LogP) is 10.6. The molecule has 7 rings (SSSR count). The summed E-state index contributed by atoms with van der Waals surface area (Å²) in [6.45, 7) is 0. The highest BCUT2D eigenvalue weighted by atomic mass is 35.5. The van der Waals surface area contributed by atoms with Crippen LogP contribution in [0.3, 0.4) is 0 Å². The molecule has 0 bridgehead atoms. The molecule has 0 saturated carbocycles. The molecule has 1 aromatic heterocycles. The van der Waals surface area contributed by atoms with Crippen LogP contribution >= 0.6 is 11.6 Å². The Balaban J connectivity index is 1.45. The Morgan fingerprint density at radius 2 is 1.21 bits per heavy atom. The van der Waals surface area contributed by atoms with E-state index in [1.165, 1.54) is 44.4 Å². The van der Waals surface area contributed by atoms with E-state index < -0.39 is 0 Å². The Morgan fingerprint density at radius 3 is 1.95 bits per heavy atom. The van der Waals surface area contributed by atoms with Crippen LogP contribution in [-0.4, -0.2) is 4.57 Å². The minimum absolute atomic E-state index is 0.747. The van der Waals surface area contributed by atoms with Crippen molar-refractivity contribution in [2.24, 2.45) is 0 Å². The number of nitrogens with zero attached hydrogens (tertiary/aromatic N) is 1. The van der Waals surface area contributed by atoms with E-state index in [2.05, 4.69) is 132 Å². The maximum absolute atomic E-state index is 6.28. The van der Waals surface area contributed by atoms with Gasteiger partial charge in [-0.1, -0.05) is 121 Å². The third-order valence-corrected chi connectivity index (χ3v) is 7.75. The van der Waals surface area contributed by atoms with Crippen LogP contribution in [0.4, 0.5) is 0 Å². The Kier molecular flexibility index (Phi) is 6.00. The molecule has 0 unspecified atom stereocenters. The van der Waals surface area contributed by atoms with Gasteiger partial charge in [-0.3, -0.25) is 0 Å². The molecule has 39 heavy (non-hydrogen) atoms. The van der Waals surface area contributed by atoms with Crippen molar-refractivity contribution in [3.63, 3.8) is 0 Å². The summed E-state index contributed by atoms with van der Waals surface area (Å²) in [5.41, 5.74) is 12.1. The first-order valence-corrected chi connectivity index (χ1v) is 13.7. The summed E-state index contributed by atoms with van der Waals surface area (Å²) in [6.07, 6.45) is 7.86. The van der Waals surface area contributed by atoms with Gasteiger partial charge in [0.1, 0.15) is 0 Å². The molecule has 0 atom stereocenters. The smallest absolute Gasteiger partial charge is 0.0547 e. The monoisotopic (exact) mass is 519 g/mol. The molecule has 2 heteroatoms. The number of rotatable bonds is 4. The van der Waals surface area contributed by atoms with Gasteiger partial charge in [-0.15, -0.1) is 0 Å². The molecule has 1 aliphatic rings. The number of fused-ring (bicyclic) bond motifs is 3. The summed E-state index contributed by atoms with van der Waals surface area (Å²) < 4.78 is 2.41. The lowest BCUT2D eigenvalue weighted by Gasteiger charge is -2.13. The third-order valence-electron chi connectivity index (χ3n) is 7.51. The van der Waals surface area contributed by atoms with E-state index in [1.807, 2.05) is 18.2 Å². The van der Waals surface area contributed by atoms with E-state index >= 15 is 0 Å². The molecule has 0 amide bonds. The fourth-order valence-electron chi connectivity index (χ4n) is 5.59. The van der Waals surface area contributed by atoms with Crippen molar-refractivity contribution in [3.8, 4) is 27.9 Å². The van der Waals surface area contributed by atoms with Gasteiger partial charge in [0, 0.05) is 21.7 Å². The molecule has 186 valence electrons. The van der Waals surface area contributed by atoms with Gasteiger partial charge in [0.15, 0.2) is 0 Å². The van der Waals surface area contributed by atoms with Crippen molar-refractivity contribution in [1.82, 2.24) is 4.57 Å². The molecule has 1 aliphatic carbocycles. The summed E-state index contributed by atoms with van der Waals surface area (Å²) in [5.74, 6) is 0. The van der Waals surface area contributed by atoms with Gasteiger partial charge in [-0.05, 0) is 76.2 Å². The summed E-state index contributed by atoms with van der Waals surface area (Å²) in [6, 6.07) is 45.0. The zero-order valence-electron chi connectivity index (χ0n) is 21.4. The van der Waals surface area contributed by atoms with Crippen molar-refractivity contribution in [3.05, 3.63) is 155 Å². The first kappa shape index (κ1) is 23.5. The summed E-state index contributed by atoms with van der Waals surface area (Å²) in [4.78, 5) is 0. The molecular formula is C37H26ClN. The second kappa shape index (κ2) is 9.94. The van der Waals surface area contributed by atoms with E-state index in [-0.39, 0.29) is 0 Å². The largest absolute Gasteiger partial charge is 0.309 e. The van der Waals surface area contributed by atoms with E-state index in [9.17, 15) is 0 Å². The second-order valence-electron chi connectivity index (χ2n) is 9.93. The number of hydrogen-bond donors (Lipinski definition) is 0. The fraction of sp³-hybridized carbons (Fsp3) is 0.0270. The molecule has 0 N–H and O–H groups in total. The molecular weight excluding hydrogens is 494 g/mol. The normalized spacial score (nSPS) is 12.7. The molecule has 0 radical (unpaired) electrons. The third kappa shape index (κ3) is 4.41. The lowest BCUT2D eigenvalue weighted by molar-refractivity contribution is 1.11. The van der Waals surface area contributed by atoms with Gasteiger partial charge in [0.2, 0.25) is 0 Å². The molecule has 0 fully saturated rings. The van der Waals surface area contributed by atoms with Crippen LogP contribution in [0.2, 0.25) is 5.02 Å². The minimum Gasteiger partial charge on any atom is -0.309 e. The number of halogens is 1. The minimum atomic E-state index is 0.747. The van der Waals surface area contributed by atoms with Gasteiger partial charge in [-0.2, -0.15) is 0 Å². The fourth-order valence-corrected chi connectivity index (χ4v) is 5.78. The quantitative estimate of drug-likeness (QED) is 0.218.